The fourth-order valence-electron chi connectivity index (χ4n) is 2.24. The van der Waals surface area contributed by atoms with Crippen molar-refractivity contribution in [3.63, 3.8) is 0 Å². The lowest BCUT2D eigenvalue weighted by atomic mass is 9.96. The van der Waals surface area contributed by atoms with E-state index >= 15 is 0 Å². The second kappa shape index (κ2) is 5.34. The molecule has 0 aromatic carbocycles. The fourth-order valence-corrected chi connectivity index (χ4v) is 2.24. The van der Waals surface area contributed by atoms with Gasteiger partial charge in [-0.25, -0.2) is 4.79 Å². The van der Waals surface area contributed by atoms with Crippen LogP contribution in [0.4, 0.5) is 4.79 Å². The first-order valence-electron chi connectivity index (χ1n) is 6.68. The van der Waals surface area contributed by atoms with Gasteiger partial charge in [-0.2, -0.15) is 4.98 Å². The number of carboxylic acid groups (broad SMARTS) is 1. The Hall–Kier alpha value is -2.12. The molecule has 0 saturated carbocycles. The van der Waals surface area contributed by atoms with Crippen LogP contribution >= 0.6 is 0 Å². The summed E-state index contributed by atoms with van der Waals surface area (Å²) in [5.41, 5.74) is -0.630. The highest BCUT2D eigenvalue weighted by Crippen LogP contribution is 2.32. The van der Waals surface area contributed by atoms with Crippen LogP contribution < -0.4 is 0 Å². The Labute approximate surface area is 122 Å². The molecular formula is C13H19N3O5. The van der Waals surface area contributed by atoms with E-state index in [0.29, 0.717) is 5.82 Å². The molecule has 8 heteroatoms. The van der Waals surface area contributed by atoms with Gasteiger partial charge in [-0.15, -0.1) is 0 Å². The zero-order chi connectivity index (χ0) is 15.8. The van der Waals surface area contributed by atoms with Gasteiger partial charge in [-0.3, -0.25) is 4.79 Å². The number of aromatic nitrogens is 2. The molecule has 1 aromatic heterocycles. The number of carboxylic acids is 1. The molecule has 1 aliphatic heterocycles. The van der Waals surface area contributed by atoms with Gasteiger partial charge >= 0.3 is 12.1 Å². The number of aryl methyl sites for hydroxylation is 1. The summed E-state index contributed by atoms with van der Waals surface area (Å²) in [4.78, 5) is 28.9. The van der Waals surface area contributed by atoms with Crippen molar-refractivity contribution in [2.75, 3.05) is 13.1 Å². The predicted octanol–water partition coefficient (Wildman–Crippen LogP) is 1.41. The summed E-state index contributed by atoms with van der Waals surface area (Å²) in [5.74, 6) is -1.62. The summed E-state index contributed by atoms with van der Waals surface area (Å²) < 4.78 is 10.3. The Morgan fingerprint density at radius 3 is 2.52 bits per heavy atom. The summed E-state index contributed by atoms with van der Waals surface area (Å²) >= 11 is 0. The van der Waals surface area contributed by atoms with Gasteiger partial charge in [0.2, 0.25) is 5.89 Å². The Morgan fingerprint density at radius 2 is 2.05 bits per heavy atom. The smallest absolute Gasteiger partial charge is 0.410 e. The molecule has 1 saturated heterocycles. The van der Waals surface area contributed by atoms with Gasteiger partial charge in [0.25, 0.3) is 0 Å². The van der Waals surface area contributed by atoms with Crippen molar-refractivity contribution in [1.82, 2.24) is 15.0 Å². The number of hydrogen-bond donors (Lipinski definition) is 1. The normalized spacial score (nSPS) is 22.4. The van der Waals surface area contributed by atoms with Gasteiger partial charge in [-0.1, -0.05) is 5.16 Å². The highest BCUT2D eigenvalue weighted by Gasteiger charge is 2.44. The maximum Gasteiger partial charge on any atom is 0.410 e. The highest BCUT2D eigenvalue weighted by molar-refractivity contribution is 5.75. The first kappa shape index (κ1) is 15.3. The van der Waals surface area contributed by atoms with Crippen molar-refractivity contribution in [2.45, 2.75) is 39.2 Å². The Balaban J connectivity index is 2.15. The molecule has 116 valence electrons. The molecule has 1 N–H and O–H groups in total. The van der Waals surface area contributed by atoms with E-state index in [0.717, 1.165) is 0 Å². The quantitative estimate of drug-likeness (QED) is 0.879. The average Bonchev–Trinajstić information content (AvgIpc) is 2.91. The average molecular weight is 297 g/mol. The third kappa shape index (κ3) is 3.50. The van der Waals surface area contributed by atoms with Crippen LogP contribution in [-0.2, 0) is 9.53 Å². The molecule has 1 fully saturated rings. The zero-order valence-corrected chi connectivity index (χ0v) is 12.5. The maximum atomic E-state index is 12.1. The van der Waals surface area contributed by atoms with Crippen LogP contribution in [-0.4, -0.2) is 50.9 Å². The zero-order valence-electron chi connectivity index (χ0n) is 12.5. The van der Waals surface area contributed by atoms with E-state index in [1.165, 1.54) is 4.90 Å². The van der Waals surface area contributed by atoms with E-state index in [-0.39, 0.29) is 19.0 Å². The summed E-state index contributed by atoms with van der Waals surface area (Å²) in [6, 6.07) is 0. The molecule has 2 rings (SSSR count). The van der Waals surface area contributed by atoms with Crippen molar-refractivity contribution in [2.24, 2.45) is 5.92 Å². The van der Waals surface area contributed by atoms with Crippen LogP contribution in [0.1, 0.15) is 38.4 Å². The van der Waals surface area contributed by atoms with Crippen molar-refractivity contribution in [3.05, 3.63) is 11.7 Å². The third-order valence-corrected chi connectivity index (χ3v) is 3.15. The SMILES string of the molecule is Cc1noc([C@H]2CN(C(=O)OC(C)(C)C)C[C@@H]2C(=O)O)n1. The largest absolute Gasteiger partial charge is 0.481 e. The first-order valence-corrected chi connectivity index (χ1v) is 6.68. The Bertz CT molecular complexity index is 548. The molecule has 21 heavy (non-hydrogen) atoms. The molecular weight excluding hydrogens is 278 g/mol. The standard InChI is InChI=1S/C13H19N3O5/c1-7-14-10(21-15-7)8-5-16(6-9(8)11(17)18)12(19)20-13(2,3)4/h8-9H,5-6H2,1-4H3,(H,17,18)/t8-,9-/m0/s1. The van der Waals surface area contributed by atoms with E-state index in [4.69, 9.17) is 9.26 Å². The monoisotopic (exact) mass is 297 g/mol. The lowest BCUT2D eigenvalue weighted by Gasteiger charge is -2.24. The fraction of sp³-hybridized carbons (Fsp3) is 0.692. The number of aliphatic carboxylic acids is 1. The topological polar surface area (TPSA) is 106 Å². The minimum absolute atomic E-state index is 0.0658. The van der Waals surface area contributed by atoms with Crippen LogP contribution in [0.2, 0.25) is 0 Å². The second-order valence-corrected chi connectivity index (χ2v) is 6.12. The number of carbonyl (C=O) groups excluding carboxylic acids is 1. The van der Waals surface area contributed by atoms with E-state index in [2.05, 4.69) is 10.1 Å². The third-order valence-electron chi connectivity index (χ3n) is 3.15. The molecule has 0 unspecified atom stereocenters. The molecule has 2 heterocycles. The summed E-state index contributed by atoms with van der Waals surface area (Å²) in [7, 11) is 0. The molecule has 1 aliphatic rings. The van der Waals surface area contributed by atoms with Crippen molar-refractivity contribution in [3.8, 4) is 0 Å². The van der Waals surface area contributed by atoms with Gasteiger partial charge in [0, 0.05) is 13.1 Å². The van der Waals surface area contributed by atoms with E-state index in [1.807, 2.05) is 0 Å². The van der Waals surface area contributed by atoms with Gasteiger partial charge in [-0.05, 0) is 27.7 Å². The summed E-state index contributed by atoms with van der Waals surface area (Å²) in [6.45, 7) is 7.19. The second-order valence-electron chi connectivity index (χ2n) is 6.12. The number of likely N-dealkylation sites (tertiary alicyclic amines) is 1. The molecule has 0 radical (unpaired) electrons. The van der Waals surface area contributed by atoms with Crippen LogP contribution in [0, 0.1) is 12.8 Å². The minimum Gasteiger partial charge on any atom is -0.481 e. The van der Waals surface area contributed by atoms with Crippen molar-refractivity contribution in [1.29, 1.82) is 0 Å². The highest BCUT2D eigenvalue weighted by atomic mass is 16.6. The van der Waals surface area contributed by atoms with E-state index in [9.17, 15) is 14.7 Å². The number of ether oxygens (including phenoxy) is 1. The predicted molar refractivity (Wildman–Crippen MR) is 70.7 cm³/mol. The van der Waals surface area contributed by atoms with Gasteiger partial charge in [0.05, 0.1) is 11.8 Å². The lowest BCUT2D eigenvalue weighted by Crippen LogP contribution is -2.35. The number of carbonyl (C=O) groups is 2. The van der Waals surface area contributed by atoms with Gasteiger partial charge < -0.3 is 19.3 Å². The number of amides is 1. The van der Waals surface area contributed by atoms with Crippen molar-refractivity contribution >= 4 is 12.1 Å². The molecule has 2 atom stereocenters. The maximum absolute atomic E-state index is 12.1. The molecule has 0 aliphatic carbocycles. The molecule has 0 spiro atoms. The Morgan fingerprint density at radius 1 is 1.38 bits per heavy atom. The Kier molecular flexibility index (Phi) is 3.89. The first-order chi connectivity index (χ1) is 9.67. The number of hydrogen-bond acceptors (Lipinski definition) is 6. The molecule has 8 nitrogen and oxygen atoms in total. The van der Waals surface area contributed by atoms with E-state index < -0.39 is 29.5 Å². The molecule has 1 aromatic rings. The summed E-state index contributed by atoms with van der Waals surface area (Å²) in [5, 5.41) is 13.0. The van der Waals surface area contributed by atoms with Gasteiger partial charge in [0.15, 0.2) is 5.82 Å². The van der Waals surface area contributed by atoms with Gasteiger partial charge in [0.1, 0.15) is 5.60 Å². The lowest BCUT2D eigenvalue weighted by molar-refractivity contribution is -0.141. The molecule has 1 amide bonds. The van der Waals surface area contributed by atoms with E-state index in [1.54, 1.807) is 27.7 Å². The van der Waals surface area contributed by atoms with Crippen molar-refractivity contribution < 1.29 is 24.0 Å². The summed E-state index contributed by atoms with van der Waals surface area (Å²) in [6.07, 6.45) is -0.535. The van der Waals surface area contributed by atoms with Crippen LogP contribution in [0.25, 0.3) is 0 Å². The van der Waals surface area contributed by atoms with Crippen LogP contribution in [0.15, 0.2) is 4.52 Å². The van der Waals surface area contributed by atoms with Crippen LogP contribution in [0.3, 0.4) is 0 Å². The number of rotatable bonds is 2. The molecule has 0 bridgehead atoms. The number of nitrogens with zero attached hydrogens (tertiary/aromatic N) is 3. The van der Waals surface area contributed by atoms with Crippen LogP contribution in [0.5, 0.6) is 0 Å². The minimum atomic E-state index is -0.998.